The van der Waals surface area contributed by atoms with E-state index in [1.807, 2.05) is 0 Å². The van der Waals surface area contributed by atoms with Crippen LogP contribution in [-0.4, -0.2) is 11.6 Å². The molecule has 0 radical (unpaired) electrons. The number of unbranched alkanes of at least 4 members (excludes halogenated alkanes) is 12. The van der Waals surface area contributed by atoms with Crippen molar-refractivity contribution in [2.45, 2.75) is 156 Å². The fourth-order valence-electron chi connectivity index (χ4n) is 3.80. The molecule has 0 heterocycles. The molecule has 0 spiro atoms. The topological polar surface area (TPSA) is 26.3 Å². The summed E-state index contributed by atoms with van der Waals surface area (Å²) in [6.07, 6.45) is 22.1. The van der Waals surface area contributed by atoms with E-state index in [9.17, 15) is 4.79 Å². The normalized spacial score (nSPS) is 12.9. The fraction of sp³-hybridized carbons (Fsp3) is 0.962. The Morgan fingerprint density at radius 1 is 0.643 bits per heavy atom. The Labute approximate surface area is 177 Å². The van der Waals surface area contributed by atoms with Gasteiger partial charge in [-0.05, 0) is 32.6 Å². The van der Waals surface area contributed by atoms with E-state index < -0.39 is 0 Å². The van der Waals surface area contributed by atoms with E-state index in [2.05, 4.69) is 34.6 Å². The van der Waals surface area contributed by atoms with E-state index >= 15 is 0 Å². The number of esters is 1. The third-order valence-electron chi connectivity index (χ3n) is 6.49. The first kappa shape index (κ1) is 27.5. The predicted molar refractivity (Wildman–Crippen MR) is 124 cm³/mol. The van der Waals surface area contributed by atoms with E-state index in [1.165, 1.54) is 89.9 Å². The largest absolute Gasteiger partial charge is 0.459 e. The Kier molecular flexibility index (Phi) is 18.1. The minimum absolute atomic E-state index is 0.0719. The third-order valence-corrected chi connectivity index (χ3v) is 6.49. The van der Waals surface area contributed by atoms with Gasteiger partial charge in [0.2, 0.25) is 0 Å². The Hall–Kier alpha value is -0.530. The summed E-state index contributed by atoms with van der Waals surface area (Å²) in [6.45, 7) is 10.9. The van der Waals surface area contributed by atoms with Gasteiger partial charge in [0, 0.05) is 0 Å². The highest BCUT2D eigenvalue weighted by Crippen LogP contribution is 2.26. The van der Waals surface area contributed by atoms with Crippen LogP contribution < -0.4 is 0 Å². The van der Waals surface area contributed by atoms with Gasteiger partial charge in [0.25, 0.3) is 0 Å². The summed E-state index contributed by atoms with van der Waals surface area (Å²) in [6, 6.07) is 0. The molecule has 0 aliphatic heterocycles. The minimum Gasteiger partial charge on any atom is -0.459 e. The first-order valence-corrected chi connectivity index (χ1v) is 12.8. The van der Waals surface area contributed by atoms with Crippen molar-refractivity contribution < 1.29 is 9.53 Å². The van der Waals surface area contributed by atoms with Crippen molar-refractivity contribution in [3.8, 4) is 0 Å². The molecule has 0 aromatic heterocycles. The van der Waals surface area contributed by atoms with Crippen molar-refractivity contribution in [1.29, 1.82) is 0 Å². The fourth-order valence-corrected chi connectivity index (χ4v) is 3.80. The van der Waals surface area contributed by atoms with Gasteiger partial charge in [-0.15, -0.1) is 0 Å². The molecule has 0 rings (SSSR count). The van der Waals surface area contributed by atoms with Gasteiger partial charge in [0.05, 0.1) is 5.92 Å². The lowest BCUT2D eigenvalue weighted by atomic mass is 9.93. The number of rotatable bonds is 20. The highest BCUT2D eigenvalue weighted by Gasteiger charge is 2.28. The molecule has 168 valence electrons. The molecule has 2 nitrogen and oxygen atoms in total. The zero-order valence-electron chi connectivity index (χ0n) is 20.1. The van der Waals surface area contributed by atoms with Crippen molar-refractivity contribution in [2.24, 2.45) is 5.92 Å². The smallest absolute Gasteiger partial charge is 0.309 e. The van der Waals surface area contributed by atoms with Gasteiger partial charge in [0.15, 0.2) is 0 Å². The first-order chi connectivity index (χ1) is 13.5. The lowest BCUT2D eigenvalue weighted by Gasteiger charge is -2.29. The molecule has 1 atom stereocenters. The van der Waals surface area contributed by atoms with E-state index in [0.717, 1.165) is 25.7 Å². The number of hydrogen-bond donors (Lipinski definition) is 0. The Morgan fingerprint density at radius 3 is 1.36 bits per heavy atom. The second-order valence-corrected chi connectivity index (χ2v) is 9.10. The van der Waals surface area contributed by atoms with Gasteiger partial charge < -0.3 is 4.74 Å². The van der Waals surface area contributed by atoms with Crippen molar-refractivity contribution in [1.82, 2.24) is 0 Å². The van der Waals surface area contributed by atoms with Crippen molar-refractivity contribution in [3.05, 3.63) is 0 Å². The van der Waals surface area contributed by atoms with E-state index in [0.29, 0.717) is 0 Å². The van der Waals surface area contributed by atoms with Gasteiger partial charge in [0.1, 0.15) is 5.60 Å². The number of ether oxygens (including phenoxy) is 1. The van der Waals surface area contributed by atoms with Gasteiger partial charge in [-0.3, -0.25) is 4.79 Å². The molecule has 0 saturated heterocycles. The van der Waals surface area contributed by atoms with Crippen molar-refractivity contribution in [3.63, 3.8) is 0 Å². The van der Waals surface area contributed by atoms with Crippen LogP contribution in [0.4, 0.5) is 0 Å². The summed E-state index contributed by atoms with van der Waals surface area (Å²) in [5.41, 5.74) is -0.282. The first-order valence-electron chi connectivity index (χ1n) is 12.8. The molecule has 0 aromatic rings. The molecule has 0 amide bonds. The van der Waals surface area contributed by atoms with Crippen molar-refractivity contribution in [2.75, 3.05) is 0 Å². The van der Waals surface area contributed by atoms with E-state index in [1.54, 1.807) is 0 Å². The zero-order chi connectivity index (χ0) is 21.1. The molecule has 0 N–H and O–H groups in total. The van der Waals surface area contributed by atoms with Crippen LogP contribution in [0.1, 0.15) is 150 Å². The summed E-state index contributed by atoms with van der Waals surface area (Å²) < 4.78 is 5.98. The lowest BCUT2D eigenvalue weighted by Crippen LogP contribution is -2.33. The van der Waals surface area contributed by atoms with Gasteiger partial charge >= 0.3 is 5.97 Å². The molecule has 0 bridgehead atoms. The molecule has 0 aliphatic carbocycles. The average molecular weight is 397 g/mol. The van der Waals surface area contributed by atoms with Gasteiger partial charge in [-0.2, -0.15) is 0 Å². The molecule has 0 aromatic carbocycles. The summed E-state index contributed by atoms with van der Waals surface area (Å²) in [4.78, 5) is 12.9. The van der Waals surface area contributed by atoms with Crippen LogP contribution in [0.3, 0.4) is 0 Å². The molecule has 0 fully saturated rings. The maximum Gasteiger partial charge on any atom is 0.309 e. The highest BCUT2D eigenvalue weighted by atomic mass is 16.6. The number of hydrogen-bond acceptors (Lipinski definition) is 2. The summed E-state index contributed by atoms with van der Waals surface area (Å²) in [5.74, 6) is 0.186. The lowest BCUT2D eigenvalue weighted by molar-refractivity contribution is -0.164. The van der Waals surface area contributed by atoms with Crippen LogP contribution in [0.5, 0.6) is 0 Å². The second kappa shape index (κ2) is 18.5. The molecule has 0 saturated carbocycles. The summed E-state index contributed by atoms with van der Waals surface area (Å²) in [5, 5.41) is 0. The zero-order valence-corrected chi connectivity index (χ0v) is 20.1. The van der Waals surface area contributed by atoms with Crippen molar-refractivity contribution >= 4 is 5.97 Å². The van der Waals surface area contributed by atoms with E-state index in [-0.39, 0.29) is 17.5 Å². The quantitative estimate of drug-likeness (QED) is 0.151. The number of carbonyl (C=O) groups is 1. The van der Waals surface area contributed by atoms with Crippen LogP contribution in [-0.2, 0) is 9.53 Å². The Bertz CT molecular complexity index is 346. The van der Waals surface area contributed by atoms with Crippen LogP contribution in [0.15, 0.2) is 0 Å². The predicted octanol–water partition coefficient (Wildman–Crippen LogP) is 9.01. The molecule has 2 heteroatoms. The molecular formula is C26H52O2. The van der Waals surface area contributed by atoms with Crippen LogP contribution in [0.25, 0.3) is 0 Å². The highest BCUT2D eigenvalue weighted by molar-refractivity contribution is 5.72. The minimum atomic E-state index is -0.282. The van der Waals surface area contributed by atoms with E-state index in [4.69, 9.17) is 4.74 Å². The Morgan fingerprint density at radius 2 is 1.00 bits per heavy atom. The standard InChI is InChI=1S/C26H52O2/c1-6-10-12-14-16-17-19-21-23-24(22-20-18-15-13-11-7-2)25(27)28-26(5,8-3)9-4/h24H,6-23H2,1-5H3. The van der Waals surface area contributed by atoms with Gasteiger partial charge in [-0.25, -0.2) is 0 Å². The molecule has 28 heavy (non-hydrogen) atoms. The van der Waals surface area contributed by atoms with Crippen LogP contribution >= 0.6 is 0 Å². The maximum atomic E-state index is 12.9. The SMILES string of the molecule is CCCCCCCCCCC(CCCCCCCC)C(=O)OC(C)(CC)CC. The van der Waals surface area contributed by atoms with Crippen LogP contribution in [0.2, 0.25) is 0 Å². The third kappa shape index (κ3) is 14.5. The monoisotopic (exact) mass is 396 g/mol. The molecule has 1 unspecified atom stereocenters. The molecule has 0 aliphatic rings. The molecular weight excluding hydrogens is 344 g/mol. The summed E-state index contributed by atoms with van der Waals surface area (Å²) in [7, 11) is 0. The Balaban J connectivity index is 4.29. The van der Waals surface area contributed by atoms with Gasteiger partial charge in [-0.1, -0.05) is 118 Å². The average Bonchev–Trinajstić information content (AvgIpc) is 2.70. The number of carbonyl (C=O) groups excluding carboxylic acids is 1. The maximum absolute atomic E-state index is 12.9. The second-order valence-electron chi connectivity index (χ2n) is 9.10. The van der Waals surface area contributed by atoms with Crippen LogP contribution in [0, 0.1) is 5.92 Å². The summed E-state index contributed by atoms with van der Waals surface area (Å²) >= 11 is 0.